The van der Waals surface area contributed by atoms with E-state index in [1.807, 2.05) is 50.2 Å². The smallest absolute Gasteiger partial charge is 0.393 e. The Morgan fingerprint density at radius 3 is 2.45 bits per heavy atom. The molecule has 2 aromatic rings. The summed E-state index contributed by atoms with van der Waals surface area (Å²) < 4.78 is 17.6. The summed E-state index contributed by atoms with van der Waals surface area (Å²) in [6, 6.07) is 15.1. The molecule has 0 aromatic heterocycles. The Kier molecular flexibility index (Phi) is 5.41. The highest BCUT2D eigenvalue weighted by Gasteiger charge is 2.30. The fourth-order valence-electron chi connectivity index (χ4n) is 2.11. The minimum Gasteiger partial charge on any atom is -0.423 e. The van der Waals surface area contributed by atoms with Crippen LogP contribution in [0.15, 0.2) is 48.5 Å². The third-order valence-electron chi connectivity index (χ3n) is 3.71. The summed E-state index contributed by atoms with van der Waals surface area (Å²) in [5.74, 6) is -0.529. The van der Waals surface area contributed by atoms with E-state index < -0.39 is 13.4 Å². The van der Waals surface area contributed by atoms with Crippen LogP contribution in [0.3, 0.4) is 0 Å². The van der Waals surface area contributed by atoms with E-state index in [1.54, 1.807) is 12.1 Å². The van der Waals surface area contributed by atoms with Crippen LogP contribution in [0.4, 0.5) is 0 Å². The van der Waals surface area contributed by atoms with Crippen LogP contribution in [0.1, 0.15) is 23.1 Å². The van der Waals surface area contributed by atoms with Crippen molar-refractivity contribution in [2.45, 2.75) is 32.5 Å². The Labute approximate surface area is 131 Å². The fourth-order valence-corrected chi connectivity index (χ4v) is 3.12. The molecule has 2 rings (SSSR count). The lowest BCUT2D eigenvalue weighted by Crippen LogP contribution is -2.23. The number of aryl methyl sites for hydroxylation is 3. The molecule has 0 heterocycles. The number of rotatable bonds is 6. The number of hydrogen-bond acceptors (Lipinski definition) is 3. The van der Waals surface area contributed by atoms with Crippen molar-refractivity contribution in [1.29, 1.82) is 0 Å². The molecule has 5 heteroatoms. The maximum absolute atomic E-state index is 12.3. The van der Waals surface area contributed by atoms with Crippen molar-refractivity contribution >= 4 is 7.60 Å². The van der Waals surface area contributed by atoms with Crippen LogP contribution in [0.25, 0.3) is 0 Å². The molecule has 118 valence electrons. The van der Waals surface area contributed by atoms with E-state index in [1.165, 1.54) is 0 Å². The van der Waals surface area contributed by atoms with Gasteiger partial charge < -0.3 is 15.2 Å². The van der Waals surface area contributed by atoms with Gasteiger partial charge >= 0.3 is 7.60 Å². The first-order valence-corrected chi connectivity index (χ1v) is 8.92. The van der Waals surface area contributed by atoms with Crippen molar-refractivity contribution < 1.29 is 14.0 Å². The zero-order valence-electron chi connectivity index (χ0n) is 12.9. The largest absolute Gasteiger partial charge is 0.423 e. The summed E-state index contributed by atoms with van der Waals surface area (Å²) in [5.41, 5.74) is 9.08. The molecule has 2 unspecified atom stereocenters. The van der Waals surface area contributed by atoms with Crippen molar-refractivity contribution in [3.63, 3.8) is 0 Å². The molecule has 4 nitrogen and oxygen atoms in total. The Morgan fingerprint density at radius 2 is 1.82 bits per heavy atom. The number of benzene rings is 2. The second-order valence-corrected chi connectivity index (χ2v) is 7.47. The van der Waals surface area contributed by atoms with Crippen molar-refractivity contribution in [2.75, 3.05) is 0 Å². The van der Waals surface area contributed by atoms with Gasteiger partial charge in [-0.2, -0.15) is 0 Å². The summed E-state index contributed by atoms with van der Waals surface area (Å²) in [7, 11) is -3.90. The summed E-state index contributed by atoms with van der Waals surface area (Å²) in [6.45, 7) is 3.91. The highest BCUT2D eigenvalue weighted by atomic mass is 31.2. The molecule has 3 N–H and O–H groups in total. The first-order chi connectivity index (χ1) is 10.4. The lowest BCUT2D eigenvalue weighted by Gasteiger charge is -2.20. The van der Waals surface area contributed by atoms with Crippen molar-refractivity contribution in [2.24, 2.45) is 5.73 Å². The molecule has 0 spiro atoms. The lowest BCUT2D eigenvalue weighted by atomic mass is 10.1. The molecular weight excluding hydrogens is 297 g/mol. The molecule has 0 aliphatic rings. The van der Waals surface area contributed by atoms with Crippen LogP contribution < -0.4 is 10.3 Å². The summed E-state index contributed by atoms with van der Waals surface area (Å²) in [4.78, 5) is 10.1. The van der Waals surface area contributed by atoms with Crippen LogP contribution in [-0.4, -0.2) is 10.7 Å². The van der Waals surface area contributed by atoms with Gasteiger partial charge in [0.05, 0.1) is 0 Å². The summed E-state index contributed by atoms with van der Waals surface area (Å²) in [5, 5.41) is 0. The average molecular weight is 319 g/mol. The highest BCUT2D eigenvalue weighted by molar-refractivity contribution is 7.53. The SMILES string of the molecule is Cc1ccc(OP(=O)(O)C(N)CCc2ccccc2)cc1C. The van der Waals surface area contributed by atoms with Gasteiger partial charge in [-0.15, -0.1) is 0 Å². The minimum absolute atomic E-state index is 0.379. The van der Waals surface area contributed by atoms with Gasteiger partial charge in [-0.1, -0.05) is 36.4 Å². The van der Waals surface area contributed by atoms with Crippen molar-refractivity contribution in [1.82, 2.24) is 0 Å². The van der Waals surface area contributed by atoms with Gasteiger partial charge in [0.1, 0.15) is 11.5 Å². The molecule has 2 aromatic carbocycles. The minimum atomic E-state index is -3.90. The maximum atomic E-state index is 12.3. The molecule has 0 aliphatic carbocycles. The zero-order valence-corrected chi connectivity index (χ0v) is 13.8. The molecule has 22 heavy (non-hydrogen) atoms. The Hall–Kier alpha value is -1.61. The molecule has 0 radical (unpaired) electrons. The van der Waals surface area contributed by atoms with E-state index in [-0.39, 0.29) is 0 Å². The van der Waals surface area contributed by atoms with Gasteiger partial charge in [0.25, 0.3) is 0 Å². The van der Waals surface area contributed by atoms with E-state index in [0.717, 1.165) is 16.7 Å². The molecule has 2 atom stereocenters. The topological polar surface area (TPSA) is 72.5 Å². The first-order valence-electron chi connectivity index (χ1n) is 7.27. The predicted molar refractivity (Wildman–Crippen MR) is 89.1 cm³/mol. The summed E-state index contributed by atoms with van der Waals surface area (Å²) >= 11 is 0. The van der Waals surface area contributed by atoms with E-state index in [2.05, 4.69) is 0 Å². The Bertz CT molecular complexity index is 673. The highest BCUT2D eigenvalue weighted by Crippen LogP contribution is 2.47. The van der Waals surface area contributed by atoms with Crippen molar-refractivity contribution in [3.05, 3.63) is 65.2 Å². The van der Waals surface area contributed by atoms with Crippen LogP contribution in [0, 0.1) is 13.8 Å². The molecule has 0 aliphatic heterocycles. The first kappa shape index (κ1) is 16.8. The van der Waals surface area contributed by atoms with Gasteiger partial charge in [0.2, 0.25) is 0 Å². The lowest BCUT2D eigenvalue weighted by molar-refractivity contribution is 0.362. The second kappa shape index (κ2) is 7.10. The van der Waals surface area contributed by atoms with Crippen LogP contribution >= 0.6 is 7.60 Å². The van der Waals surface area contributed by atoms with E-state index in [9.17, 15) is 9.46 Å². The number of hydrogen-bond donors (Lipinski definition) is 2. The van der Waals surface area contributed by atoms with E-state index >= 15 is 0 Å². The van der Waals surface area contributed by atoms with Crippen LogP contribution in [0.2, 0.25) is 0 Å². The van der Waals surface area contributed by atoms with Gasteiger partial charge in [-0.3, -0.25) is 0 Å². The second-order valence-electron chi connectivity index (χ2n) is 5.49. The Balaban J connectivity index is 1.99. The fraction of sp³-hybridized carbons (Fsp3) is 0.294. The third-order valence-corrected chi connectivity index (χ3v) is 5.27. The number of nitrogens with two attached hydrogens (primary N) is 1. The Morgan fingerprint density at radius 1 is 1.14 bits per heavy atom. The maximum Gasteiger partial charge on any atom is 0.393 e. The average Bonchev–Trinajstić information content (AvgIpc) is 2.49. The molecule has 0 fully saturated rings. The molecular formula is C17H22NO3P. The normalized spacial score (nSPS) is 15.1. The molecule has 0 amide bonds. The van der Waals surface area contributed by atoms with E-state index in [0.29, 0.717) is 18.6 Å². The summed E-state index contributed by atoms with van der Waals surface area (Å²) in [6.07, 6.45) is 1.03. The van der Waals surface area contributed by atoms with Gasteiger partial charge in [0, 0.05) is 0 Å². The standard InChI is InChI=1S/C17H22NO3P/c1-13-8-10-16(12-14(13)2)21-22(19,20)17(18)11-9-15-6-4-3-5-7-15/h3-8,10,12,17H,9,11,18H2,1-2H3,(H,19,20). The third kappa shape index (κ3) is 4.44. The van der Waals surface area contributed by atoms with Crippen molar-refractivity contribution in [3.8, 4) is 5.75 Å². The van der Waals surface area contributed by atoms with Crippen LogP contribution in [0.5, 0.6) is 5.75 Å². The quantitative estimate of drug-likeness (QED) is 0.795. The van der Waals surface area contributed by atoms with Gasteiger partial charge in [-0.05, 0) is 55.5 Å². The molecule has 0 saturated carbocycles. The molecule has 0 saturated heterocycles. The van der Waals surface area contributed by atoms with Gasteiger partial charge in [-0.25, -0.2) is 4.57 Å². The zero-order chi connectivity index (χ0) is 16.2. The monoisotopic (exact) mass is 319 g/mol. The van der Waals surface area contributed by atoms with E-state index in [4.69, 9.17) is 10.3 Å². The van der Waals surface area contributed by atoms with Gasteiger partial charge in [0.15, 0.2) is 0 Å². The van der Waals surface area contributed by atoms with Crippen LogP contribution in [-0.2, 0) is 11.0 Å². The predicted octanol–water partition coefficient (Wildman–Crippen LogP) is 3.79. The molecule has 0 bridgehead atoms.